The number of hydrogen-bond acceptors (Lipinski definition) is 5. The number of carboxylic acid groups (broad SMARTS) is 1. The van der Waals surface area contributed by atoms with Crippen LogP contribution in [0.25, 0.3) is 0 Å². The van der Waals surface area contributed by atoms with Gasteiger partial charge in [0.05, 0.1) is 7.11 Å². The zero-order valence-corrected chi connectivity index (χ0v) is 11.7. The first-order valence-electron chi connectivity index (χ1n) is 6.40. The van der Waals surface area contributed by atoms with Gasteiger partial charge in [0.1, 0.15) is 12.1 Å². The van der Waals surface area contributed by atoms with Crippen LogP contribution in [-0.4, -0.2) is 66.9 Å². The molecule has 1 rings (SSSR count). The number of carbonyl (C=O) groups excluding carboxylic acids is 2. The Morgan fingerprint density at radius 2 is 1.95 bits per heavy atom. The highest BCUT2D eigenvalue weighted by Gasteiger charge is 2.42. The molecule has 0 aromatic rings. The molecule has 0 radical (unpaired) electrons. The van der Waals surface area contributed by atoms with Crippen LogP contribution in [0.2, 0.25) is 0 Å². The molecule has 0 unspecified atom stereocenters. The van der Waals surface area contributed by atoms with Crippen LogP contribution in [0.3, 0.4) is 0 Å². The van der Waals surface area contributed by atoms with Crippen molar-refractivity contribution in [3.63, 3.8) is 0 Å². The average molecular weight is 288 g/mol. The Morgan fingerprint density at radius 1 is 1.35 bits per heavy atom. The van der Waals surface area contributed by atoms with Crippen LogP contribution in [-0.2, 0) is 19.1 Å². The lowest BCUT2D eigenvalue weighted by atomic mass is 9.90. The Hall–Kier alpha value is -1.83. The van der Waals surface area contributed by atoms with Crippen LogP contribution in [0.15, 0.2) is 0 Å². The smallest absolute Gasteiger partial charge is 0.329 e. The molecule has 1 aliphatic rings. The fraction of sp³-hybridized carbons (Fsp3) is 0.750. The van der Waals surface area contributed by atoms with Gasteiger partial charge in [0.15, 0.2) is 0 Å². The van der Waals surface area contributed by atoms with Crippen molar-refractivity contribution in [2.75, 3.05) is 33.4 Å². The van der Waals surface area contributed by atoms with E-state index in [-0.39, 0.29) is 39.1 Å². The number of urea groups is 1. The molecule has 0 atom stereocenters. The van der Waals surface area contributed by atoms with Crippen molar-refractivity contribution in [1.82, 2.24) is 10.2 Å². The molecule has 0 aliphatic carbocycles. The monoisotopic (exact) mass is 288 g/mol. The molecular weight excluding hydrogens is 268 g/mol. The van der Waals surface area contributed by atoms with Gasteiger partial charge in [-0.3, -0.25) is 4.79 Å². The quantitative estimate of drug-likeness (QED) is 0.680. The standard InChI is InChI=1S/C12H20N2O6/c1-3-14(8-9(15)19-2)11(18)13-12(10(16)17)4-6-20-7-5-12/h3-8H2,1-2H3,(H,13,18)(H,16,17). The Kier molecular flexibility index (Phi) is 5.75. The first-order chi connectivity index (χ1) is 9.45. The van der Waals surface area contributed by atoms with Crippen LogP contribution < -0.4 is 5.32 Å². The van der Waals surface area contributed by atoms with Crippen molar-refractivity contribution in [2.24, 2.45) is 0 Å². The zero-order chi connectivity index (χ0) is 15.2. The maximum Gasteiger partial charge on any atom is 0.329 e. The second-order valence-corrected chi connectivity index (χ2v) is 4.52. The van der Waals surface area contributed by atoms with Gasteiger partial charge in [-0.2, -0.15) is 0 Å². The Bertz CT molecular complexity index is 378. The van der Waals surface area contributed by atoms with Gasteiger partial charge in [-0.15, -0.1) is 0 Å². The van der Waals surface area contributed by atoms with E-state index in [2.05, 4.69) is 10.1 Å². The number of nitrogens with zero attached hydrogens (tertiary/aromatic N) is 1. The molecule has 0 aromatic heterocycles. The van der Waals surface area contributed by atoms with E-state index in [4.69, 9.17) is 4.74 Å². The highest BCUT2D eigenvalue weighted by molar-refractivity contribution is 5.88. The second-order valence-electron chi connectivity index (χ2n) is 4.52. The first-order valence-corrected chi connectivity index (χ1v) is 6.40. The largest absolute Gasteiger partial charge is 0.480 e. The van der Waals surface area contributed by atoms with Gasteiger partial charge in [0.25, 0.3) is 0 Å². The Morgan fingerprint density at radius 3 is 2.40 bits per heavy atom. The average Bonchev–Trinajstić information content (AvgIpc) is 2.45. The lowest BCUT2D eigenvalue weighted by molar-refractivity contribution is -0.148. The van der Waals surface area contributed by atoms with Crippen molar-refractivity contribution < 1.29 is 29.0 Å². The van der Waals surface area contributed by atoms with E-state index < -0.39 is 23.5 Å². The molecule has 2 amide bonds. The minimum absolute atomic E-state index is 0.198. The highest BCUT2D eigenvalue weighted by Crippen LogP contribution is 2.21. The second kappa shape index (κ2) is 7.09. The topological polar surface area (TPSA) is 105 Å². The maximum atomic E-state index is 12.1. The summed E-state index contributed by atoms with van der Waals surface area (Å²) >= 11 is 0. The summed E-state index contributed by atoms with van der Waals surface area (Å²) in [6.45, 7) is 2.30. The van der Waals surface area contributed by atoms with Crippen molar-refractivity contribution in [1.29, 1.82) is 0 Å². The molecule has 1 aliphatic heterocycles. The van der Waals surface area contributed by atoms with Crippen LogP contribution in [0.1, 0.15) is 19.8 Å². The number of hydrogen-bond donors (Lipinski definition) is 2. The molecule has 114 valence electrons. The number of ether oxygens (including phenoxy) is 2. The number of rotatable bonds is 5. The summed E-state index contributed by atoms with van der Waals surface area (Å²) in [5.41, 5.74) is -1.33. The lowest BCUT2D eigenvalue weighted by Gasteiger charge is -2.35. The van der Waals surface area contributed by atoms with E-state index >= 15 is 0 Å². The number of carbonyl (C=O) groups is 3. The molecule has 0 bridgehead atoms. The Labute approximate surface area is 117 Å². The number of nitrogens with one attached hydrogen (secondary N) is 1. The number of aliphatic carboxylic acids is 1. The molecule has 0 saturated carbocycles. The normalized spacial score (nSPS) is 17.1. The third-order valence-corrected chi connectivity index (χ3v) is 3.32. The molecule has 0 aromatic carbocycles. The summed E-state index contributed by atoms with van der Waals surface area (Å²) in [6.07, 6.45) is 0.397. The molecule has 0 spiro atoms. The van der Waals surface area contributed by atoms with Gasteiger partial charge in [0.2, 0.25) is 0 Å². The predicted molar refractivity (Wildman–Crippen MR) is 68.2 cm³/mol. The van der Waals surface area contributed by atoms with E-state index in [0.717, 1.165) is 0 Å². The third-order valence-electron chi connectivity index (χ3n) is 3.32. The molecule has 2 N–H and O–H groups in total. The van der Waals surface area contributed by atoms with E-state index in [9.17, 15) is 19.5 Å². The maximum absolute atomic E-state index is 12.1. The minimum atomic E-state index is -1.33. The van der Waals surface area contributed by atoms with Gasteiger partial charge in [-0.25, -0.2) is 9.59 Å². The van der Waals surface area contributed by atoms with Gasteiger partial charge in [0, 0.05) is 32.6 Å². The summed E-state index contributed by atoms with van der Waals surface area (Å²) in [4.78, 5) is 35.9. The SMILES string of the molecule is CCN(CC(=O)OC)C(=O)NC1(C(=O)O)CCOCC1. The molecular formula is C12H20N2O6. The first kappa shape index (κ1) is 16.2. The number of likely N-dealkylation sites (N-methyl/N-ethyl adjacent to an activating group) is 1. The van der Waals surface area contributed by atoms with Crippen molar-refractivity contribution in [3.8, 4) is 0 Å². The fourth-order valence-corrected chi connectivity index (χ4v) is 1.94. The summed E-state index contributed by atoms with van der Waals surface area (Å²) in [5.74, 6) is -1.65. The highest BCUT2D eigenvalue weighted by atomic mass is 16.5. The minimum Gasteiger partial charge on any atom is -0.480 e. The van der Waals surface area contributed by atoms with Crippen molar-refractivity contribution in [2.45, 2.75) is 25.3 Å². The molecule has 1 heterocycles. The van der Waals surface area contributed by atoms with E-state index in [1.54, 1.807) is 6.92 Å². The molecule has 1 fully saturated rings. The number of carboxylic acids is 1. The van der Waals surface area contributed by atoms with Crippen LogP contribution >= 0.6 is 0 Å². The molecule has 20 heavy (non-hydrogen) atoms. The van der Waals surface area contributed by atoms with Crippen LogP contribution in [0.4, 0.5) is 4.79 Å². The van der Waals surface area contributed by atoms with E-state index in [1.807, 2.05) is 0 Å². The number of amides is 2. The number of esters is 1. The molecule has 8 nitrogen and oxygen atoms in total. The predicted octanol–water partition coefficient (Wildman–Crippen LogP) is -0.175. The Balaban J connectivity index is 2.74. The van der Waals surface area contributed by atoms with E-state index in [1.165, 1.54) is 12.0 Å². The lowest BCUT2D eigenvalue weighted by Crippen LogP contribution is -2.60. The summed E-state index contributed by atoms with van der Waals surface area (Å²) in [5, 5.41) is 11.9. The van der Waals surface area contributed by atoms with Crippen LogP contribution in [0.5, 0.6) is 0 Å². The van der Waals surface area contributed by atoms with Gasteiger partial charge < -0.3 is 24.8 Å². The van der Waals surface area contributed by atoms with E-state index in [0.29, 0.717) is 0 Å². The molecule has 1 saturated heterocycles. The summed E-state index contributed by atoms with van der Waals surface area (Å²) in [6, 6.07) is -0.595. The van der Waals surface area contributed by atoms with Crippen molar-refractivity contribution in [3.05, 3.63) is 0 Å². The summed E-state index contributed by atoms with van der Waals surface area (Å²) < 4.78 is 9.62. The summed E-state index contributed by atoms with van der Waals surface area (Å²) in [7, 11) is 1.23. The van der Waals surface area contributed by atoms with Gasteiger partial charge in [-0.05, 0) is 6.92 Å². The fourth-order valence-electron chi connectivity index (χ4n) is 1.94. The van der Waals surface area contributed by atoms with Gasteiger partial charge in [-0.1, -0.05) is 0 Å². The zero-order valence-electron chi connectivity index (χ0n) is 11.7. The van der Waals surface area contributed by atoms with Crippen LogP contribution in [0, 0.1) is 0 Å². The number of methoxy groups -OCH3 is 1. The van der Waals surface area contributed by atoms with Gasteiger partial charge >= 0.3 is 18.0 Å². The molecule has 8 heteroatoms. The third kappa shape index (κ3) is 3.83. The van der Waals surface area contributed by atoms with Crippen molar-refractivity contribution >= 4 is 18.0 Å².